The Kier molecular flexibility index (Phi) is 4.65. The summed E-state index contributed by atoms with van der Waals surface area (Å²) < 4.78 is 5.40. The van der Waals surface area contributed by atoms with Crippen molar-refractivity contribution in [3.8, 4) is 0 Å². The molecule has 0 saturated heterocycles. The first-order valence-corrected chi connectivity index (χ1v) is 9.83. The summed E-state index contributed by atoms with van der Waals surface area (Å²) in [6.07, 6.45) is 0. The number of hydrogen-bond acceptors (Lipinski definition) is 7. The van der Waals surface area contributed by atoms with Crippen molar-refractivity contribution in [1.29, 1.82) is 0 Å². The molecule has 10 heteroatoms. The van der Waals surface area contributed by atoms with E-state index in [1.807, 2.05) is 35.6 Å². The Morgan fingerprint density at radius 3 is 2.74 bits per heavy atom. The molecule has 0 N–H and O–H groups in total. The molecule has 0 unspecified atom stereocenters. The van der Waals surface area contributed by atoms with E-state index in [0.717, 1.165) is 23.0 Å². The van der Waals surface area contributed by atoms with Gasteiger partial charge >= 0.3 is 0 Å². The second-order valence-corrected chi connectivity index (χ2v) is 7.59. The van der Waals surface area contributed by atoms with Gasteiger partial charge in [-0.3, -0.25) is 13.8 Å². The third-order valence-corrected chi connectivity index (χ3v) is 5.21. The van der Waals surface area contributed by atoms with E-state index in [2.05, 4.69) is 39.6 Å². The molecule has 0 radical (unpaired) electrons. The summed E-state index contributed by atoms with van der Waals surface area (Å²) in [7, 11) is 0. The molecule has 0 atom stereocenters. The van der Waals surface area contributed by atoms with Crippen molar-refractivity contribution in [2.75, 3.05) is 0 Å². The summed E-state index contributed by atoms with van der Waals surface area (Å²) in [6.45, 7) is 7.47. The van der Waals surface area contributed by atoms with Crippen molar-refractivity contribution in [2.24, 2.45) is 5.92 Å². The minimum atomic E-state index is -0.0481. The molecule has 4 rings (SSSR count). The fourth-order valence-corrected chi connectivity index (χ4v) is 3.88. The van der Waals surface area contributed by atoms with Gasteiger partial charge in [-0.05, 0) is 35.4 Å². The van der Waals surface area contributed by atoms with Crippen molar-refractivity contribution in [1.82, 2.24) is 39.4 Å². The second-order valence-electron chi connectivity index (χ2n) is 6.64. The van der Waals surface area contributed by atoms with E-state index in [4.69, 9.17) is 0 Å². The molecule has 1 aromatic carbocycles. The quantitative estimate of drug-likeness (QED) is 0.469. The number of aryl methyl sites for hydroxylation is 1. The summed E-state index contributed by atoms with van der Waals surface area (Å²) in [5.74, 6) is 2.31. The minimum Gasteiger partial charge on any atom is -0.277 e. The highest BCUT2D eigenvalue weighted by Crippen LogP contribution is 2.22. The Balaban J connectivity index is 1.77. The molecule has 0 aliphatic rings. The lowest BCUT2D eigenvalue weighted by Gasteiger charge is -2.09. The van der Waals surface area contributed by atoms with E-state index in [9.17, 15) is 4.79 Å². The lowest BCUT2D eigenvalue weighted by Crippen LogP contribution is -2.22. The molecule has 3 aromatic heterocycles. The Bertz CT molecular complexity index is 1160. The van der Waals surface area contributed by atoms with Crippen LogP contribution >= 0.6 is 11.8 Å². The van der Waals surface area contributed by atoms with E-state index in [0.29, 0.717) is 29.4 Å². The molecule has 0 fully saturated rings. The van der Waals surface area contributed by atoms with Gasteiger partial charge in [0.1, 0.15) is 5.82 Å². The molecule has 27 heavy (non-hydrogen) atoms. The zero-order valence-corrected chi connectivity index (χ0v) is 16.2. The van der Waals surface area contributed by atoms with Crippen LogP contribution in [0.2, 0.25) is 0 Å². The number of aromatic nitrogens is 8. The standard InChI is InChI=1S/C17H20N8OS/c1-4-23-15(26)12-7-5-6-8-13(12)25-14(18-19-16(23)25)10-27-17-20-21-22-24(17)9-11(2)3/h5-8,11H,4,9-10H2,1-3H3. The van der Waals surface area contributed by atoms with Gasteiger partial charge in [0.25, 0.3) is 5.56 Å². The van der Waals surface area contributed by atoms with E-state index in [1.54, 1.807) is 9.25 Å². The predicted molar refractivity (Wildman–Crippen MR) is 103 cm³/mol. The zero-order valence-electron chi connectivity index (χ0n) is 15.4. The van der Waals surface area contributed by atoms with Gasteiger partial charge in [0.15, 0.2) is 0 Å². The first-order valence-electron chi connectivity index (χ1n) is 8.84. The normalized spacial score (nSPS) is 11.9. The molecular weight excluding hydrogens is 364 g/mol. The first-order chi connectivity index (χ1) is 13.1. The van der Waals surface area contributed by atoms with Crippen LogP contribution in [0.15, 0.2) is 34.2 Å². The topological polar surface area (TPSA) is 95.8 Å². The molecule has 4 aromatic rings. The largest absolute Gasteiger partial charge is 0.277 e. The van der Waals surface area contributed by atoms with Crippen LogP contribution < -0.4 is 5.56 Å². The Hall–Kier alpha value is -2.75. The minimum absolute atomic E-state index is 0.0481. The van der Waals surface area contributed by atoms with E-state index in [-0.39, 0.29) is 5.56 Å². The van der Waals surface area contributed by atoms with Gasteiger partial charge in [0.05, 0.1) is 16.7 Å². The summed E-state index contributed by atoms with van der Waals surface area (Å²) in [6, 6.07) is 7.54. The van der Waals surface area contributed by atoms with Gasteiger partial charge in [-0.25, -0.2) is 4.68 Å². The molecular formula is C17H20N8OS. The molecule has 0 aliphatic heterocycles. The van der Waals surface area contributed by atoms with Crippen molar-refractivity contribution < 1.29 is 0 Å². The Labute approximate surface area is 159 Å². The Morgan fingerprint density at radius 1 is 1.15 bits per heavy atom. The second kappa shape index (κ2) is 7.10. The van der Waals surface area contributed by atoms with Gasteiger partial charge in [0.2, 0.25) is 10.9 Å². The summed E-state index contributed by atoms with van der Waals surface area (Å²) in [5.41, 5.74) is 0.762. The van der Waals surface area contributed by atoms with Crippen LogP contribution in [0.1, 0.15) is 26.6 Å². The number of rotatable bonds is 6. The smallest absolute Gasteiger partial charge is 0.262 e. The molecule has 9 nitrogen and oxygen atoms in total. The maximum atomic E-state index is 12.7. The van der Waals surface area contributed by atoms with Gasteiger partial charge in [-0.2, -0.15) is 0 Å². The highest BCUT2D eigenvalue weighted by Gasteiger charge is 2.17. The number of thioether (sulfide) groups is 1. The third kappa shape index (κ3) is 3.09. The predicted octanol–water partition coefficient (Wildman–Crippen LogP) is 2.00. The SMILES string of the molecule is CCn1c(=O)c2ccccc2n2c(CSc3nnnn3CC(C)C)nnc12. The van der Waals surface area contributed by atoms with Gasteiger partial charge < -0.3 is 0 Å². The number of nitrogens with zero attached hydrogens (tertiary/aromatic N) is 8. The maximum Gasteiger partial charge on any atom is 0.262 e. The van der Waals surface area contributed by atoms with Crippen molar-refractivity contribution in [3.05, 3.63) is 40.4 Å². The molecule has 0 bridgehead atoms. The summed E-state index contributed by atoms with van der Waals surface area (Å²) in [5, 5.41) is 22.0. The average molecular weight is 384 g/mol. The molecule has 3 heterocycles. The van der Waals surface area contributed by atoms with Gasteiger partial charge in [0, 0.05) is 13.1 Å². The van der Waals surface area contributed by atoms with Crippen LogP contribution in [0.4, 0.5) is 0 Å². The van der Waals surface area contributed by atoms with Crippen LogP contribution in [0, 0.1) is 5.92 Å². The van der Waals surface area contributed by atoms with Crippen molar-refractivity contribution in [2.45, 2.75) is 44.8 Å². The third-order valence-electron chi connectivity index (χ3n) is 4.26. The first kappa shape index (κ1) is 17.7. The van der Waals surface area contributed by atoms with E-state index >= 15 is 0 Å². The maximum absolute atomic E-state index is 12.7. The van der Waals surface area contributed by atoms with E-state index < -0.39 is 0 Å². The lowest BCUT2D eigenvalue weighted by molar-refractivity contribution is 0.445. The lowest BCUT2D eigenvalue weighted by atomic mass is 10.2. The van der Waals surface area contributed by atoms with Crippen LogP contribution in [0.5, 0.6) is 0 Å². The van der Waals surface area contributed by atoms with Crippen molar-refractivity contribution >= 4 is 28.4 Å². The molecule has 0 amide bonds. The number of tetrazole rings is 1. The van der Waals surface area contributed by atoms with Gasteiger partial charge in [-0.15, -0.1) is 15.3 Å². The summed E-state index contributed by atoms with van der Waals surface area (Å²) >= 11 is 1.51. The number of hydrogen-bond donors (Lipinski definition) is 0. The fourth-order valence-electron chi connectivity index (χ4n) is 3.08. The zero-order chi connectivity index (χ0) is 19.0. The highest BCUT2D eigenvalue weighted by atomic mass is 32.2. The number of para-hydroxylation sites is 1. The van der Waals surface area contributed by atoms with Crippen molar-refractivity contribution in [3.63, 3.8) is 0 Å². The monoisotopic (exact) mass is 384 g/mol. The van der Waals surface area contributed by atoms with Crippen LogP contribution in [-0.4, -0.2) is 39.4 Å². The molecule has 0 spiro atoms. The van der Waals surface area contributed by atoms with E-state index in [1.165, 1.54) is 11.8 Å². The highest BCUT2D eigenvalue weighted by molar-refractivity contribution is 7.98. The molecule has 0 saturated carbocycles. The van der Waals surface area contributed by atoms with Crippen LogP contribution in [0.25, 0.3) is 16.7 Å². The fraction of sp³-hybridized carbons (Fsp3) is 0.412. The number of fused-ring (bicyclic) bond motifs is 3. The van der Waals surface area contributed by atoms with Crippen LogP contribution in [0.3, 0.4) is 0 Å². The van der Waals surface area contributed by atoms with Crippen LogP contribution in [-0.2, 0) is 18.8 Å². The summed E-state index contributed by atoms with van der Waals surface area (Å²) in [4.78, 5) is 12.7. The average Bonchev–Trinajstić information content (AvgIpc) is 3.27. The number of benzene rings is 1. The Morgan fingerprint density at radius 2 is 1.96 bits per heavy atom. The van der Waals surface area contributed by atoms with Gasteiger partial charge in [-0.1, -0.05) is 37.7 Å². The molecule has 0 aliphatic carbocycles. The molecule has 140 valence electrons.